The van der Waals surface area contributed by atoms with Crippen LogP contribution in [0.4, 0.5) is 14.5 Å². The second kappa shape index (κ2) is 7.94. The summed E-state index contributed by atoms with van der Waals surface area (Å²) in [6.45, 7) is 0. The molecule has 2 N–H and O–H groups in total. The smallest absolute Gasteiger partial charge is 0.161 e. The van der Waals surface area contributed by atoms with E-state index in [0.29, 0.717) is 44.9 Å². The Morgan fingerprint density at radius 2 is 1.74 bits per heavy atom. The van der Waals surface area contributed by atoms with Gasteiger partial charge >= 0.3 is 0 Å². The zero-order chi connectivity index (χ0) is 24.1. The fourth-order valence-electron chi connectivity index (χ4n) is 4.04. The Kier molecular flexibility index (Phi) is 4.73. The average molecular weight is 468 g/mol. The third-order valence-electron chi connectivity index (χ3n) is 5.78. The number of pyridine rings is 3. The molecule has 0 aliphatic carbocycles. The monoisotopic (exact) mass is 468 g/mol. The first kappa shape index (κ1) is 20.8. The topological polar surface area (TPSA) is 99.3 Å². The minimum absolute atomic E-state index is 0.162. The predicted octanol–water partition coefficient (Wildman–Crippen LogP) is 4.97. The zero-order valence-electron chi connectivity index (χ0n) is 18.7. The highest BCUT2D eigenvalue weighted by atomic mass is 19.1. The van der Waals surface area contributed by atoms with E-state index in [1.807, 2.05) is 25.1 Å². The number of nitrogens with zero attached hydrogens (tertiary/aromatic N) is 6. The van der Waals surface area contributed by atoms with E-state index in [2.05, 4.69) is 35.1 Å². The third-order valence-corrected chi connectivity index (χ3v) is 5.78. The summed E-state index contributed by atoms with van der Waals surface area (Å²) >= 11 is 0. The van der Waals surface area contributed by atoms with Crippen molar-refractivity contribution in [3.8, 4) is 34.0 Å². The molecule has 6 rings (SSSR count). The van der Waals surface area contributed by atoms with Gasteiger partial charge in [-0.1, -0.05) is 12.1 Å². The first-order valence-electron chi connectivity index (χ1n) is 10.8. The molecule has 0 aliphatic rings. The van der Waals surface area contributed by atoms with E-state index >= 15 is 4.39 Å². The first-order valence-corrected chi connectivity index (χ1v) is 10.8. The van der Waals surface area contributed by atoms with E-state index in [1.54, 1.807) is 36.8 Å². The molecule has 0 unspecified atom stereocenters. The normalized spacial score (nSPS) is 11.4. The van der Waals surface area contributed by atoms with Crippen molar-refractivity contribution in [3.63, 3.8) is 0 Å². The number of anilines is 1. The Morgan fingerprint density at radius 1 is 0.857 bits per heavy atom. The highest BCUT2D eigenvalue weighted by Gasteiger charge is 2.21. The SMILES string of the molecule is CN(C)c1cncc(-c2ncc3[nH]nc(-c4nc5c(-c6cccc(F)c6)nccc5[nH]4)c3c2F)c1. The molecule has 35 heavy (non-hydrogen) atoms. The standard InChI is InChI=1S/C25H18F2N8/c1-35(2)16-9-14(10-28-11-16)21-20(27)19-18(12-30-21)33-34-24(19)25-31-17-6-7-29-22(23(17)32-25)13-4-3-5-15(26)8-13/h3-12H,1-2H3,(H,31,32)(H,33,34). The number of hydrogen-bond acceptors (Lipinski definition) is 6. The predicted molar refractivity (Wildman–Crippen MR) is 130 cm³/mol. The van der Waals surface area contributed by atoms with E-state index in [1.165, 1.54) is 18.3 Å². The van der Waals surface area contributed by atoms with Crippen LogP contribution in [0.1, 0.15) is 0 Å². The van der Waals surface area contributed by atoms with Crippen molar-refractivity contribution in [2.24, 2.45) is 0 Å². The van der Waals surface area contributed by atoms with Gasteiger partial charge in [0.05, 0.1) is 40.2 Å². The fourth-order valence-corrected chi connectivity index (χ4v) is 4.04. The van der Waals surface area contributed by atoms with Gasteiger partial charge in [-0.05, 0) is 24.3 Å². The number of H-pyrrole nitrogens is 2. The molecular weight excluding hydrogens is 450 g/mol. The molecule has 0 aliphatic heterocycles. The van der Waals surface area contributed by atoms with Crippen LogP contribution in [0.3, 0.4) is 0 Å². The van der Waals surface area contributed by atoms with Crippen LogP contribution >= 0.6 is 0 Å². The lowest BCUT2D eigenvalue weighted by Gasteiger charge is -2.13. The molecule has 10 heteroatoms. The van der Waals surface area contributed by atoms with Crippen molar-refractivity contribution in [3.05, 3.63) is 72.8 Å². The summed E-state index contributed by atoms with van der Waals surface area (Å²) in [5.74, 6) is -0.550. The van der Waals surface area contributed by atoms with Gasteiger partial charge in [-0.3, -0.25) is 20.1 Å². The maximum Gasteiger partial charge on any atom is 0.161 e. The summed E-state index contributed by atoms with van der Waals surface area (Å²) in [5.41, 5.74) is 4.57. The summed E-state index contributed by atoms with van der Waals surface area (Å²) in [6.07, 6.45) is 6.42. The summed E-state index contributed by atoms with van der Waals surface area (Å²) in [4.78, 5) is 22.7. The Morgan fingerprint density at radius 3 is 2.57 bits per heavy atom. The lowest BCUT2D eigenvalue weighted by Crippen LogP contribution is -2.09. The van der Waals surface area contributed by atoms with Gasteiger partial charge in [0.2, 0.25) is 0 Å². The molecule has 5 heterocycles. The number of rotatable bonds is 4. The summed E-state index contributed by atoms with van der Waals surface area (Å²) < 4.78 is 29.7. The third kappa shape index (κ3) is 3.46. The van der Waals surface area contributed by atoms with Gasteiger partial charge in [-0.25, -0.2) is 13.8 Å². The summed E-state index contributed by atoms with van der Waals surface area (Å²) in [6, 6.07) is 9.72. The van der Waals surface area contributed by atoms with E-state index in [4.69, 9.17) is 0 Å². The first-order chi connectivity index (χ1) is 17.0. The van der Waals surface area contributed by atoms with E-state index < -0.39 is 5.82 Å². The van der Waals surface area contributed by atoms with Crippen molar-refractivity contribution < 1.29 is 8.78 Å². The molecule has 5 aromatic heterocycles. The quantitative estimate of drug-likeness (QED) is 0.379. The molecule has 0 fully saturated rings. The van der Waals surface area contributed by atoms with Crippen LogP contribution in [0.5, 0.6) is 0 Å². The van der Waals surface area contributed by atoms with Gasteiger partial charge in [0.1, 0.15) is 22.7 Å². The van der Waals surface area contributed by atoms with E-state index in [-0.39, 0.29) is 16.9 Å². The van der Waals surface area contributed by atoms with Gasteiger partial charge in [0.15, 0.2) is 11.6 Å². The van der Waals surface area contributed by atoms with Crippen LogP contribution in [0.2, 0.25) is 0 Å². The van der Waals surface area contributed by atoms with Gasteiger partial charge in [0.25, 0.3) is 0 Å². The largest absolute Gasteiger partial charge is 0.376 e. The molecule has 0 atom stereocenters. The average Bonchev–Trinajstić information content (AvgIpc) is 3.49. The van der Waals surface area contributed by atoms with Gasteiger partial charge in [0, 0.05) is 37.6 Å². The van der Waals surface area contributed by atoms with Gasteiger partial charge in [-0.15, -0.1) is 0 Å². The Balaban J connectivity index is 1.52. The number of imidazole rings is 1. The second-order valence-corrected chi connectivity index (χ2v) is 8.26. The molecule has 172 valence electrons. The van der Waals surface area contributed by atoms with Crippen LogP contribution < -0.4 is 4.90 Å². The van der Waals surface area contributed by atoms with Crippen LogP contribution in [0.25, 0.3) is 56.0 Å². The number of aromatic amines is 2. The molecular formula is C25H18F2N8. The summed E-state index contributed by atoms with van der Waals surface area (Å²) in [7, 11) is 3.77. The zero-order valence-corrected chi connectivity index (χ0v) is 18.7. The molecule has 0 spiro atoms. The molecule has 0 bridgehead atoms. The van der Waals surface area contributed by atoms with Crippen LogP contribution in [0.15, 0.2) is 61.2 Å². The van der Waals surface area contributed by atoms with Crippen molar-refractivity contribution in [1.29, 1.82) is 0 Å². The van der Waals surface area contributed by atoms with Crippen molar-refractivity contribution in [2.45, 2.75) is 0 Å². The number of halogens is 2. The van der Waals surface area contributed by atoms with Crippen molar-refractivity contribution >= 4 is 27.6 Å². The highest BCUT2D eigenvalue weighted by Crippen LogP contribution is 2.34. The summed E-state index contributed by atoms with van der Waals surface area (Å²) in [5, 5.41) is 7.40. The van der Waals surface area contributed by atoms with Crippen LogP contribution in [-0.2, 0) is 0 Å². The molecule has 8 nitrogen and oxygen atoms in total. The number of aromatic nitrogens is 7. The lowest BCUT2D eigenvalue weighted by molar-refractivity contribution is 0.628. The highest BCUT2D eigenvalue weighted by molar-refractivity contribution is 5.97. The number of benzene rings is 1. The molecule has 0 amide bonds. The van der Waals surface area contributed by atoms with Gasteiger partial charge < -0.3 is 9.88 Å². The minimum atomic E-state index is -0.534. The maximum absolute atomic E-state index is 15.9. The minimum Gasteiger partial charge on any atom is -0.376 e. The number of nitrogens with one attached hydrogen (secondary N) is 2. The van der Waals surface area contributed by atoms with Crippen molar-refractivity contribution in [2.75, 3.05) is 19.0 Å². The van der Waals surface area contributed by atoms with Crippen LogP contribution in [-0.4, -0.2) is 49.2 Å². The molecule has 0 radical (unpaired) electrons. The Bertz CT molecular complexity index is 1720. The molecule has 0 saturated carbocycles. The van der Waals surface area contributed by atoms with Crippen molar-refractivity contribution in [1.82, 2.24) is 35.1 Å². The second-order valence-electron chi connectivity index (χ2n) is 8.26. The number of hydrogen-bond donors (Lipinski definition) is 2. The van der Waals surface area contributed by atoms with E-state index in [0.717, 1.165) is 5.69 Å². The molecule has 1 aromatic carbocycles. The molecule has 0 saturated heterocycles. The van der Waals surface area contributed by atoms with E-state index in [9.17, 15) is 4.39 Å². The Hall–Kier alpha value is -4.73. The Labute approximate surface area is 197 Å². The van der Waals surface area contributed by atoms with Gasteiger partial charge in [-0.2, -0.15) is 5.10 Å². The van der Waals surface area contributed by atoms with Crippen LogP contribution in [0, 0.1) is 11.6 Å². The number of fused-ring (bicyclic) bond motifs is 2. The lowest BCUT2D eigenvalue weighted by atomic mass is 10.1. The molecule has 6 aromatic rings. The maximum atomic E-state index is 15.9. The fraction of sp³-hybridized carbons (Fsp3) is 0.0800.